The highest BCUT2D eigenvalue weighted by Gasteiger charge is 2.06. The molecule has 0 atom stereocenters. The van der Waals surface area contributed by atoms with Crippen LogP contribution in [-0.2, 0) is 0 Å². The van der Waals surface area contributed by atoms with E-state index in [4.69, 9.17) is 0 Å². The highest BCUT2D eigenvalue weighted by Crippen LogP contribution is 2.15. The van der Waals surface area contributed by atoms with Gasteiger partial charge in [-0.2, -0.15) is 0 Å². The van der Waals surface area contributed by atoms with E-state index in [1.165, 1.54) is 3.57 Å². The predicted octanol–water partition coefficient (Wildman–Crippen LogP) is 3.28. The first-order valence-corrected chi connectivity index (χ1v) is 5.70. The first-order chi connectivity index (χ1) is 7.18. The third-order valence-corrected chi connectivity index (χ3v) is 2.93. The van der Waals surface area contributed by atoms with Gasteiger partial charge in [-0.05, 0) is 59.0 Å². The molecule has 3 heteroatoms. The number of hydrogen-bond acceptors (Lipinski definition) is 1. The smallest absolute Gasteiger partial charge is 0.176 e. The molecule has 1 aromatic carbocycles. The Morgan fingerprint density at radius 1 is 1.20 bits per heavy atom. The van der Waals surface area contributed by atoms with Crippen LogP contribution in [0, 0.1) is 3.57 Å². The van der Waals surface area contributed by atoms with Crippen molar-refractivity contribution in [2.75, 3.05) is 0 Å². The fraction of sp³-hybridized carbons (Fsp3) is 0.0833. The molecule has 1 aromatic heterocycles. The molecule has 2 aromatic rings. The molecule has 0 fully saturated rings. The average molecular weight is 311 g/mol. The van der Waals surface area contributed by atoms with Crippen molar-refractivity contribution in [3.63, 3.8) is 0 Å². The highest BCUT2D eigenvalue weighted by molar-refractivity contribution is 14.1. The topological polar surface area (TPSA) is 22.0 Å². The summed E-state index contributed by atoms with van der Waals surface area (Å²) in [7, 11) is 0. The minimum atomic E-state index is 0.0820. The second-order valence-corrected chi connectivity index (χ2v) is 4.54. The third kappa shape index (κ3) is 2.12. The molecule has 0 aliphatic carbocycles. The Bertz CT molecular complexity index is 485. The second kappa shape index (κ2) is 4.18. The minimum absolute atomic E-state index is 0.0820. The second-order valence-electron chi connectivity index (χ2n) is 3.30. The molecule has 0 unspecified atom stereocenters. The van der Waals surface area contributed by atoms with E-state index < -0.39 is 0 Å². The van der Waals surface area contributed by atoms with E-state index >= 15 is 0 Å². The number of hydrogen-bond donors (Lipinski definition) is 0. The predicted molar refractivity (Wildman–Crippen MR) is 68.5 cm³/mol. The van der Waals surface area contributed by atoms with Gasteiger partial charge in [-0.3, -0.25) is 4.79 Å². The molecule has 1 heterocycles. The van der Waals surface area contributed by atoms with E-state index in [9.17, 15) is 4.79 Å². The zero-order valence-electron chi connectivity index (χ0n) is 8.27. The lowest BCUT2D eigenvalue weighted by atomic mass is 10.3. The lowest BCUT2D eigenvalue weighted by Crippen LogP contribution is -2.02. The van der Waals surface area contributed by atoms with Crippen LogP contribution in [0.4, 0.5) is 0 Å². The minimum Gasteiger partial charge on any atom is -0.314 e. The summed E-state index contributed by atoms with van der Waals surface area (Å²) in [4.78, 5) is 11.3. The molecular formula is C12H10INO. The van der Waals surface area contributed by atoms with Gasteiger partial charge in [-0.1, -0.05) is 0 Å². The van der Waals surface area contributed by atoms with Gasteiger partial charge < -0.3 is 4.57 Å². The maximum atomic E-state index is 11.3. The van der Waals surface area contributed by atoms with E-state index in [2.05, 4.69) is 22.6 Å². The fourth-order valence-corrected chi connectivity index (χ4v) is 1.85. The molecule has 2 rings (SSSR count). The zero-order chi connectivity index (χ0) is 10.8. The first kappa shape index (κ1) is 10.4. The maximum Gasteiger partial charge on any atom is 0.176 e. The Balaban J connectivity index is 2.49. The van der Waals surface area contributed by atoms with Crippen molar-refractivity contribution < 1.29 is 4.79 Å². The van der Waals surface area contributed by atoms with Crippen molar-refractivity contribution >= 4 is 28.4 Å². The van der Waals surface area contributed by atoms with Gasteiger partial charge >= 0.3 is 0 Å². The van der Waals surface area contributed by atoms with E-state index in [0.717, 1.165) is 11.4 Å². The van der Waals surface area contributed by atoms with Gasteiger partial charge in [0.15, 0.2) is 5.78 Å². The molecule has 0 amide bonds. The Hall–Kier alpha value is -1.10. The van der Waals surface area contributed by atoms with Crippen LogP contribution in [0.2, 0.25) is 0 Å². The maximum absolute atomic E-state index is 11.3. The van der Waals surface area contributed by atoms with Gasteiger partial charge in [0.1, 0.15) is 0 Å². The fourth-order valence-electron chi connectivity index (χ4n) is 1.49. The number of halogens is 1. The molecule has 0 aliphatic rings. The van der Waals surface area contributed by atoms with Crippen molar-refractivity contribution in [3.8, 4) is 5.69 Å². The van der Waals surface area contributed by atoms with Crippen molar-refractivity contribution in [1.82, 2.24) is 4.57 Å². The molecular weight excluding hydrogens is 301 g/mol. The van der Waals surface area contributed by atoms with Gasteiger partial charge in [0.2, 0.25) is 0 Å². The van der Waals surface area contributed by atoms with Gasteiger partial charge in [0.25, 0.3) is 0 Å². The largest absolute Gasteiger partial charge is 0.314 e. The summed E-state index contributed by atoms with van der Waals surface area (Å²) < 4.78 is 3.09. The molecule has 0 N–H and O–H groups in total. The van der Waals surface area contributed by atoms with E-state index in [1.54, 1.807) is 6.92 Å². The van der Waals surface area contributed by atoms with Gasteiger partial charge in [0, 0.05) is 22.4 Å². The summed E-state index contributed by atoms with van der Waals surface area (Å²) >= 11 is 2.26. The molecule has 2 nitrogen and oxygen atoms in total. The molecule has 0 saturated heterocycles. The molecule has 0 aliphatic heterocycles. The normalized spacial score (nSPS) is 10.3. The molecule has 0 bridgehead atoms. The van der Waals surface area contributed by atoms with Crippen LogP contribution in [0.15, 0.2) is 42.6 Å². The van der Waals surface area contributed by atoms with Crippen molar-refractivity contribution in [1.29, 1.82) is 0 Å². The number of nitrogens with zero attached hydrogens (tertiary/aromatic N) is 1. The number of ketones is 1. The monoisotopic (exact) mass is 311 g/mol. The third-order valence-electron chi connectivity index (χ3n) is 2.21. The lowest BCUT2D eigenvalue weighted by Gasteiger charge is -2.06. The van der Waals surface area contributed by atoms with Crippen LogP contribution in [0.25, 0.3) is 5.69 Å². The van der Waals surface area contributed by atoms with E-state index in [1.807, 2.05) is 47.2 Å². The summed E-state index contributed by atoms with van der Waals surface area (Å²) in [5.41, 5.74) is 1.74. The number of carbonyl (C=O) groups is 1. The Morgan fingerprint density at radius 2 is 1.87 bits per heavy atom. The average Bonchev–Trinajstić information content (AvgIpc) is 2.67. The van der Waals surface area contributed by atoms with Crippen molar-refractivity contribution in [3.05, 3.63) is 51.9 Å². The van der Waals surface area contributed by atoms with Crippen LogP contribution in [0.3, 0.4) is 0 Å². The molecule has 76 valence electrons. The Labute approximate surface area is 102 Å². The Morgan fingerprint density at radius 3 is 2.47 bits per heavy atom. The highest BCUT2D eigenvalue weighted by atomic mass is 127. The van der Waals surface area contributed by atoms with E-state index in [-0.39, 0.29) is 5.78 Å². The summed E-state index contributed by atoms with van der Waals surface area (Å²) in [6, 6.07) is 11.8. The van der Waals surface area contributed by atoms with Crippen LogP contribution < -0.4 is 0 Å². The molecule has 0 spiro atoms. The van der Waals surface area contributed by atoms with Gasteiger partial charge in [0.05, 0.1) is 5.69 Å². The summed E-state index contributed by atoms with van der Waals surface area (Å²) in [5, 5.41) is 0. The van der Waals surface area contributed by atoms with Gasteiger partial charge in [-0.15, -0.1) is 0 Å². The number of rotatable bonds is 2. The molecule has 0 saturated carbocycles. The van der Waals surface area contributed by atoms with Crippen LogP contribution in [0.1, 0.15) is 17.4 Å². The summed E-state index contributed by atoms with van der Waals surface area (Å²) in [5.74, 6) is 0.0820. The number of aromatic nitrogens is 1. The zero-order valence-corrected chi connectivity index (χ0v) is 10.4. The standard InChI is InChI=1S/C12H10INO/c1-9(15)12-3-2-8-14(12)11-6-4-10(13)5-7-11/h2-8H,1H3. The van der Waals surface area contributed by atoms with E-state index in [0.29, 0.717) is 0 Å². The molecule has 0 radical (unpaired) electrons. The van der Waals surface area contributed by atoms with Crippen LogP contribution >= 0.6 is 22.6 Å². The van der Waals surface area contributed by atoms with Crippen LogP contribution in [-0.4, -0.2) is 10.4 Å². The number of Topliss-reactive ketones (excluding diaryl/α,β-unsaturated/α-hetero) is 1. The molecule has 15 heavy (non-hydrogen) atoms. The Kier molecular flexibility index (Phi) is 2.90. The number of carbonyl (C=O) groups excluding carboxylic acids is 1. The van der Waals surface area contributed by atoms with Gasteiger partial charge in [-0.25, -0.2) is 0 Å². The first-order valence-electron chi connectivity index (χ1n) is 4.63. The van der Waals surface area contributed by atoms with Crippen molar-refractivity contribution in [2.24, 2.45) is 0 Å². The van der Waals surface area contributed by atoms with Crippen molar-refractivity contribution in [2.45, 2.75) is 6.92 Å². The number of benzene rings is 1. The quantitative estimate of drug-likeness (QED) is 0.616. The van der Waals surface area contributed by atoms with Crippen LogP contribution in [0.5, 0.6) is 0 Å². The summed E-state index contributed by atoms with van der Waals surface area (Å²) in [6.07, 6.45) is 1.90. The SMILES string of the molecule is CC(=O)c1cccn1-c1ccc(I)cc1. The lowest BCUT2D eigenvalue weighted by molar-refractivity contribution is 0.101. The summed E-state index contributed by atoms with van der Waals surface area (Å²) in [6.45, 7) is 1.58.